The minimum Gasteiger partial charge on any atom is -0.338 e. The van der Waals surface area contributed by atoms with Crippen molar-refractivity contribution in [3.05, 3.63) is 71.0 Å². The second-order valence-corrected chi connectivity index (χ2v) is 5.19. The zero-order chi connectivity index (χ0) is 17.6. The number of hydrogen-bond donors (Lipinski definition) is 2. The van der Waals surface area contributed by atoms with E-state index in [1.165, 1.54) is 24.3 Å². The monoisotopic (exact) mass is 340 g/mol. The molecule has 0 heterocycles. The molecule has 2 aromatic carbocycles. The van der Waals surface area contributed by atoms with Crippen LogP contribution in [0.4, 0.5) is 22.4 Å². The Bertz CT molecular complexity index is 701. The van der Waals surface area contributed by atoms with E-state index in [9.17, 15) is 22.4 Å². The Balaban J connectivity index is 1.77. The van der Waals surface area contributed by atoms with Gasteiger partial charge in [-0.25, -0.2) is 9.18 Å². The van der Waals surface area contributed by atoms with Crippen molar-refractivity contribution in [2.45, 2.75) is 19.1 Å². The molecular weight excluding hydrogens is 324 g/mol. The lowest BCUT2D eigenvalue weighted by Crippen LogP contribution is -2.36. The Hall–Kier alpha value is -2.57. The highest BCUT2D eigenvalue weighted by molar-refractivity contribution is 5.73. The molecule has 0 spiro atoms. The second-order valence-electron chi connectivity index (χ2n) is 5.19. The third-order valence-electron chi connectivity index (χ3n) is 3.30. The summed E-state index contributed by atoms with van der Waals surface area (Å²) >= 11 is 0. The minimum atomic E-state index is -4.41. The van der Waals surface area contributed by atoms with Gasteiger partial charge in [0.05, 0.1) is 5.56 Å². The smallest absolute Gasteiger partial charge is 0.338 e. The van der Waals surface area contributed by atoms with Gasteiger partial charge in [0, 0.05) is 13.1 Å². The zero-order valence-electron chi connectivity index (χ0n) is 12.7. The van der Waals surface area contributed by atoms with Crippen LogP contribution in [0.15, 0.2) is 48.5 Å². The lowest BCUT2D eigenvalue weighted by atomic mass is 10.1. The van der Waals surface area contributed by atoms with Gasteiger partial charge < -0.3 is 10.6 Å². The van der Waals surface area contributed by atoms with E-state index in [2.05, 4.69) is 10.6 Å². The summed E-state index contributed by atoms with van der Waals surface area (Å²) in [5.74, 6) is -0.346. The van der Waals surface area contributed by atoms with Crippen LogP contribution in [0.5, 0.6) is 0 Å². The van der Waals surface area contributed by atoms with Gasteiger partial charge in [-0.1, -0.05) is 24.3 Å². The van der Waals surface area contributed by atoms with E-state index in [1.54, 1.807) is 12.1 Å². The molecular formula is C17H16F4N2O. The lowest BCUT2D eigenvalue weighted by molar-refractivity contribution is -0.137. The van der Waals surface area contributed by atoms with Crippen LogP contribution >= 0.6 is 0 Å². The Morgan fingerprint density at radius 3 is 2.38 bits per heavy atom. The Morgan fingerprint density at radius 2 is 1.67 bits per heavy atom. The standard InChI is InChI=1S/C17H16F4N2O/c18-15-6-2-3-12(10-15)7-8-22-16(24)23-11-13-4-1-5-14(9-13)17(19,20)21/h1-6,9-10H,7-8,11H2,(H2,22,23,24). The van der Waals surface area contributed by atoms with Crippen molar-refractivity contribution in [1.82, 2.24) is 10.6 Å². The van der Waals surface area contributed by atoms with Crippen LogP contribution in [0.1, 0.15) is 16.7 Å². The molecule has 2 rings (SSSR count). The molecule has 128 valence electrons. The third-order valence-corrected chi connectivity index (χ3v) is 3.30. The number of amides is 2. The first-order valence-electron chi connectivity index (χ1n) is 7.27. The summed E-state index contributed by atoms with van der Waals surface area (Å²) in [5, 5.41) is 5.05. The lowest BCUT2D eigenvalue weighted by Gasteiger charge is -2.10. The number of nitrogens with one attached hydrogen (secondary N) is 2. The molecule has 0 fully saturated rings. The van der Waals surface area contributed by atoms with Gasteiger partial charge in [-0.05, 0) is 41.8 Å². The highest BCUT2D eigenvalue weighted by atomic mass is 19.4. The van der Waals surface area contributed by atoms with Crippen LogP contribution in [0.2, 0.25) is 0 Å². The van der Waals surface area contributed by atoms with Gasteiger partial charge in [0.25, 0.3) is 0 Å². The van der Waals surface area contributed by atoms with Gasteiger partial charge in [0.15, 0.2) is 0 Å². The number of carbonyl (C=O) groups excluding carboxylic acids is 1. The van der Waals surface area contributed by atoms with Gasteiger partial charge in [0.2, 0.25) is 0 Å². The number of halogens is 4. The maximum Gasteiger partial charge on any atom is 0.416 e. The minimum absolute atomic E-state index is 0.0181. The number of urea groups is 1. The SMILES string of the molecule is O=C(NCCc1cccc(F)c1)NCc1cccc(C(F)(F)F)c1. The predicted molar refractivity (Wildman–Crippen MR) is 81.8 cm³/mol. The van der Waals surface area contributed by atoms with Crippen LogP contribution in [0, 0.1) is 5.82 Å². The summed E-state index contributed by atoms with van der Waals surface area (Å²) in [4.78, 5) is 11.6. The molecule has 2 amide bonds. The first kappa shape index (κ1) is 17.8. The maximum atomic E-state index is 13.0. The van der Waals surface area contributed by atoms with Crippen molar-refractivity contribution in [3.8, 4) is 0 Å². The maximum absolute atomic E-state index is 13.0. The molecule has 0 bridgehead atoms. The van der Waals surface area contributed by atoms with Crippen molar-refractivity contribution in [3.63, 3.8) is 0 Å². The summed E-state index contributed by atoms with van der Waals surface area (Å²) in [5.41, 5.74) is 0.339. The fourth-order valence-electron chi connectivity index (χ4n) is 2.12. The molecule has 2 aromatic rings. The second kappa shape index (κ2) is 7.81. The Labute approximate surface area is 136 Å². The highest BCUT2D eigenvalue weighted by Gasteiger charge is 2.30. The molecule has 0 atom stereocenters. The van der Waals surface area contributed by atoms with Crippen LogP contribution in [-0.4, -0.2) is 12.6 Å². The molecule has 0 aliphatic carbocycles. The first-order chi connectivity index (χ1) is 11.3. The fraction of sp³-hybridized carbons (Fsp3) is 0.235. The summed E-state index contributed by atoms with van der Waals surface area (Å²) < 4.78 is 50.8. The van der Waals surface area contributed by atoms with E-state index in [0.29, 0.717) is 12.0 Å². The van der Waals surface area contributed by atoms with Crippen molar-refractivity contribution >= 4 is 6.03 Å². The number of benzene rings is 2. The third kappa shape index (κ3) is 5.57. The molecule has 3 nitrogen and oxygen atoms in total. The quantitative estimate of drug-likeness (QED) is 0.797. The molecule has 0 radical (unpaired) electrons. The average molecular weight is 340 g/mol. The predicted octanol–water partition coefficient (Wildman–Crippen LogP) is 3.89. The normalized spacial score (nSPS) is 11.2. The van der Waals surface area contributed by atoms with E-state index >= 15 is 0 Å². The molecule has 0 aliphatic heterocycles. The van der Waals surface area contributed by atoms with Crippen molar-refractivity contribution in [2.24, 2.45) is 0 Å². The molecule has 0 unspecified atom stereocenters. The zero-order valence-corrected chi connectivity index (χ0v) is 12.7. The average Bonchev–Trinajstić information content (AvgIpc) is 2.52. The van der Waals surface area contributed by atoms with E-state index in [0.717, 1.165) is 17.7 Å². The number of rotatable bonds is 5. The van der Waals surface area contributed by atoms with Crippen molar-refractivity contribution in [2.75, 3.05) is 6.54 Å². The van der Waals surface area contributed by atoms with E-state index in [-0.39, 0.29) is 18.9 Å². The van der Waals surface area contributed by atoms with Gasteiger partial charge in [0.1, 0.15) is 5.82 Å². The van der Waals surface area contributed by atoms with Gasteiger partial charge >= 0.3 is 12.2 Å². The van der Waals surface area contributed by atoms with Crippen LogP contribution in [-0.2, 0) is 19.1 Å². The first-order valence-corrected chi connectivity index (χ1v) is 7.27. The topological polar surface area (TPSA) is 41.1 Å². The summed E-state index contributed by atoms with van der Waals surface area (Å²) in [6, 6.07) is 10.3. The highest BCUT2D eigenvalue weighted by Crippen LogP contribution is 2.29. The summed E-state index contributed by atoms with van der Waals surface area (Å²) in [7, 11) is 0. The molecule has 7 heteroatoms. The van der Waals surface area contributed by atoms with Gasteiger partial charge in [-0.15, -0.1) is 0 Å². The Kier molecular flexibility index (Phi) is 5.78. The molecule has 0 aromatic heterocycles. The Morgan fingerprint density at radius 1 is 0.958 bits per heavy atom. The summed E-state index contributed by atoms with van der Waals surface area (Å²) in [6.45, 7) is 0.271. The molecule has 2 N–H and O–H groups in total. The summed E-state index contributed by atoms with van der Waals surface area (Å²) in [6.07, 6.45) is -3.96. The van der Waals surface area contributed by atoms with E-state index in [1.807, 2.05) is 0 Å². The molecule has 0 aliphatic rings. The van der Waals surface area contributed by atoms with Crippen LogP contribution < -0.4 is 10.6 Å². The van der Waals surface area contributed by atoms with Crippen molar-refractivity contribution < 1.29 is 22.4 Å². The van der Waals surface area contributed by atoms with Gasteiger partial charge in [-0.2, -0.15) is 13.2 Å². The molecule has 24 heavy (non-hydrogen) atoms. The largest absolute Gasteiger partial charge is 0.416 e. The van der Waals surface area contributed by atoms with E-state index < -0.39 is 17.8 Å². The molecule has 0 saturated carbocycles. The van der Waals surface area contributed by atoms with Crippen LogP contribution in [0.3, 0.4) is 0 Å². The number of hydrogen-bond acceptors (Lipinski definition) is 1. The number of alkyl halides is 3. The molecule has 0 saturated heterocycles. The van der Waals surface area contributed by atoms with Gasteiger partial charge in [-0.3, -0.25) is 0 Å². The fourth-order valence-corrected chi connectivity index (χ4v) is 2.12. The van der Waals surface area contributed by atoms with Crippen LogP contribution in [0.25, 0.3) is 0 Å². The number of carbonyl (C=O) groups is 1. The van der Waals surface area contributed by atoms with Crippen molar-refractivity contribution in [1.29, 1.82) is 0 Å². The van der Waals surface area contributed by atoms with E-state index in [4.69, 9.17) is 0 Å².